The van der Waals surface area contributed by atoms with Crippen LogP contribution in [-0.2, 0) is 0 Å². The Morgan fingerprint density at radius 3 is 2.94 bits per heavy atom. The molecule has 4 nitrogen and oxygen atoms in total. The monoisotopic (exact) mass is 312 g/mol. The van der Waals surface area contributed by atoms with Gasteiger partial charge in [-0.15, -0.1) is 0 Å². The van der Waals surface area contributed by atoms with Crippen LogP contribution in [0.4, 0.5) is 11.6 Å². The SMILES string of the molecule is CCNc1ncnc(N2CCCC(C)C2C)c1Br. The van der Waals surface area contributed by atoms with Gasteiger partial charge in [0.25, 0.3) is 0 Å². The van der Waals surface area contributed by atoms with Gasteiger partial charge in [0.2, 0.25) is 0 Å². The zero-order valence-corrected chi connectivity index (χ0v) is 12.9. The van der Waals surface area contributed by atoms with Crippen molar-refractivity contribution in [2.24, 2.45) is 5.92 Å². The molecule has 0 spiro atoms. The summed E-state index contributed by atoms with van der Waals surface area (Å²) in [6, 6.07) is 0.527. The Balaban J connectivity index is 2.29. The molecule has 100 valence electrons. The summed E-state index contributed by atoms with van der Waals surface area (Å²) >= 11 is 3.64. The molecule has 1 saturated heterocycles. The van der Waals surface area contributed by atoms with Crippen LogP contribution in [0.3, 0.4) is 0 Å². The second-order valence-electron chi connectivity index (χ2n) is 4.94. The third kappa shape index (κ3) is 2.60. The van der Waals surface area contributed by atoms with Crippen LogP contribution < -0.4 is 10.2 Å². The molecule has 1 N–H and O–H groups in total. The first-order chi connectivity index (χ1) is 8.65. The van der Waals surface area contributed by atoms with Crippen molar-refractivity contribution >= 4 is 27.6 Å². The summed E-state index contributed by atoms with van der Waals surface area (Å²) < 4.78 is 0.979. The molecule has 2 unspecified atom stereocenters. The van der Waals surface area contributed by atoms with Gasteiger partial charge in [-0.05, 0) is 48.5 Å². The molecule has 5 heteroatoms. The highest BCUT2D eigenvalue weighted by Crippen LogP contribution is 2.34. The van der Waals surface area contributed by atoms with Crippen molar-refractivity contribution < 1.29 is 0 Å². The van der Waals surface area contributed by atoms with Crippen LogP contribution in [0, 0.1) is 5.92 Å². The Hall–Kier alpha value is -0.840. The number of nitrogens with zero attached hydrogens (tertiary/aromatic N) is 3. The first kappa shape index (κ1) is 13.6. The smallest absolute Gasteiger partial charge is 0.148 e. The number of aromatic nitrogens is 2. The molecule has 0 aliphatic carbocycles. The largest absolute Gasteiger partial charge is 0.369 e. The third-order valence-electron chi connectivity index (χ3n) is 3.76. The van der Waals surface area contributed by atoms with E-state index in [2.05, 4.69) is 56.9 Å². The molecule has 1 aliphatic rings. The van der Waals surface area contributed by atoms with E-state index in [0.29, 0.717) is 12.0 Å². The molecule has 0 radical (unpaired) electrons. The van der Waals surface area contributed by atoms with Crippen LogP contribution in [0.15, 0.2) is 10.8 Å². The van der Waals surface area contributed by atoms with Crippen LogP contribution in [0.5, 0.6) is 0 Å². The molecule has 1 aromatic rings. The minimum atomic E-state index is 0.527. The Morgan fingerprint density at radius 2 is 2.22 bits per heavy atom. The van der Waals surface area contributed by atoms with E-state index in [9.17, 15) is 0 Å². The lowest BCUT2D eigenvalue weighted by Crippen LogP contribution is -2.43. The van der Waals surface area contributed by atoms with Gasteiger partial charge in [0, 0.05) is 19.1 Å². The van der Waals surface area contributed by atoms with Crippen LogP contribution in [0.1, 0.15) is 33.6 Å². The molecule has 0 amide bonds. The number of piperidine rings is 1. The molecule has 0 saturated carbocycles. The summed E-state index contributed by atoms with van der Waals surface area (Å²) in [7, 11) is 0. The fourth-order valence-electron chi connectivity index (χ4n) is 2.49. The van der Waals surface area contributed by atoms with E-state index in [0.717, 1.165) is 29.2 Å². The first-order valence-electron chi connectivity index (χ1n) is 6.66. The maximum atomic E-state index is 4.46. The molecule has 0 aromatic carbocycles. The maximum Gasteiger partial charge on any atom is 0.148 e. The lowest BCUT2D eigenvalue weighted by molar-refractivity contribution is 0.361. The number of rotatable bonds is 3. The van der Waals surface area contributed by atoms with Gasteiger partial charge in [-0.3, -0.25) is 0 Å². The van der Waals surface area contributed by atoms with E-state index in [1.54, 1.807) is 6.33 Å². The standard InChI is InChI=1S/C13H21BrN4/c1-4-15-12-11(14)13(17-8-16-12)18-7-5-6-9(2)10(18)3/h8-10H,4-7H2,1-3H3,(H,15,16,17). The van der Waals surface area contributed by atoms with Gasteiger partial charge >= 0.3 is 0 Å². The lowest BCUT2D eigenvalue weighted by atomic mass is 9.92. The lowest BCUT2D eigenvalue weighted by Gasteiger charge is -2.39. The summed E-state index contributed by atoms with van der Waals surface area (Å²) in [5, 5.41) is 3.26. The topological polar surface area (TPSA) is 41.1 Å². The normalized spacial score (nSPS) is 24.1. The van der Waals surface area contributed by atoms with Crippen molar-refractivity contribution in [3.8, 4) is 0 Å². The van der Waals surface area contributed by atoms with Crippen LogP contribution >= 0.6 is 15.9 Å². The van der Waals surface area contributed by atoms with Gasteiger partial charge in [-0.1, -0.05) is 6.92 Å². The first-order valence-corrected chi connectivity index (χ1v) is 7.45. The van der Waals surface area contributed by atoms with Gasteiger partial charge in [0.05, 0.1) is 0 Å². The molecule has 2 heterocycles. The summed E-state index contributed by atoms with van der Waals surface area (Å²) in [5.41, 5.74) is 0. The molecule has 2 atom stereocenters. The molecular formula is C13H21BrN4. The highest BCUT2D eigenvalue weighted by atomic mass is 79.9. The highest BCUT2D eigenvalue weighted by molar-refractivity contribution is 9.10. The molecular weight excluding hydrogens is 292 g/mol. The number of halogens is 1. The van der Waals surface area contributed by atoms with Crippen LogP contribution in [-0.4, -0.2) is 29.1 Å². The maximum absolute atomic E-state index is 4.46. The Bertz CT molecular complexity index is 410. The average molecular weight is 313 g/mol. The minimum Gasteiger partial charge on any atom is -0.369 e. The van der Waals surface area contributed by atoms with Gasteiger partial charge in [-0.2, -0.15) is 0 Å². The van der Waals surface area contributed by atoms with E-state index in [1.165, 1.54) is 12.8 Å². The fourth-order valence-corrected chi connectivity index (χ4v) is 3.06. The van der Waals surface area contributed by atoms with Crippen molar-refractivity contribution in [3.63, 3.8) is 0 Å². The summed E-state index contributed by atoms with van der Waals surface area (Å²) in [4.78, 5) is 11.1. The Labute approximate surface area is 117 Å². The second kappa shape index (κ2) is 5.87. The summed E-state index contributed by atoms with van der Waals surface area (Å²) in [5.74, 6) is 2.61. The number of nitrogens with one attached hydrogen (secondary N) is 1. The van der Waals surface area contributed by atoms with Crippen molar-refractivity contribution in [1.29, 1.82) is 0 Å². The van der Waals surface area contributed by atoms with Gasteiger partial charge in [0.1, 0.15) is 22.4 Å². The average Bonchev–Trinajstić information content (AvgIpc) is 2.36. The highest BCUT2D eigenvalue weighted by Gasteiger charge is 2.27. The van der Waals surface area contributed by atoms with Crippen LogP contribution in [0.2, 0.25) is 0 Å². The molecule has 1 aromatic heterocycles. The van der Waals surface area contributed by atoms with Gasteiger partial charge < -0.3 is 10.2 Å². The molecule has 1 fully saturated rings. The van der Waals surface area contributed by atoms with Gasteiger partial charge in [0.15, 0.2) is 0 Å². The zero-order valence-electron chi connectivity index (χ0n) is 11.3. The second-order valence-corrected chi connectivity index (χ2v) is 5.74. The third-order valence-corrected chi connectivity index (χ3v) is 4.49. The van der Waals surface area contributed by atoms with Crippen molar-refractivity contribution in [2.45, 2.75) is 39.7 Å². The predicted octanol–water partition coefficient (Wildman–Crippen LogP) is 3.30. The van der Waals surface area contributed by atoms with Crippen molar-refractivity contribution in [2.75, 3.05) is 23.3 Å². The molecule has 18 heavy (non-hydrogen) atoms. The Morgan fingerprint density at radius 1 is 1.44 bits per heavy atom. The van der Waals surface area contributed by atoms with E-state index < -0.39 is 0 Å². The minimum absolute atomic E-state index is 0.527. The van der Waals surface area contributed by atoms with E-state index >= 15 is 0 Å². The number of hydrogen-bond donors (Lipinski definition) is 1. The quantitative estimate of drug-likeness (QED) is 0.929. The summed E-state index contributed by atoms with van der Waals surface area (Å²) in [6.07, 6.45) is 4.18. The zero-order chi connectivity index (χ0) is 13.1. The molecule has 2 rings (SSSR count). The molecule has 1 aliphatic heterocycles. The van der Waals surface area contributed by atoms with Crippen LogP contribution in [0.25, 0.3) is 0 Å². The number of hydrogen-bond acceptors (Lipinski definition) is 4. The van der Waals surface area contributed by atoms with Crippen molar-refractivity contribution in [3.05, 3.63) is 10.8 Å². The fraction of sp³-hybridized carbons (Fsp3) is 0.692. The predicted molar refractivity (Wildman–Crippen MR) is 79.1 cm³/mol. The van der Waals surface area contributed by atoms with E-state index in [1.807, 2.05) is 0 Å². The van der Waals surface area contributed by atoms with E-state index in [4.69, 9.17) is 0 Å². The summed E-state index contributed by atoms with van der Waals surface area (Å²) in [6.45, 7) is 8.61. The molecule has 0 bridgehead atoms. The van der Waals surface area contributed by atoms with Gasteiger partial charge in [-0.25, -0.2) is 9.97 Å². The number of anilines is 2. The Kier molecular flexibility index (Phi) is 4.43. The van der Waals surface area contributed by atoms with Crippen molar-refractivity contribution in [1.82, 2.24) is 9.97 Å². The van der Waals surface area contributed by atoms with E-state index in [-0.39, 0.29) is 0 Å².